The molecule has 1 N–H and O–H groups in total. The molecule has 6 nitrogen and oxygen atoms in total. The van der Waals surface area contributed by atoms with Crippen LogP contribution in [0.3, 0.4) is 0 Å². The molecule has 2 amide bonds. The maximum absolute atomic E-state index is 12.8. The zero-order valence-corrected chi connectivity index (χ0v) is 15.6. The SMILES string of the molecule is COc1ccc(OCCNC(=O)C2(C(=O)N3CCCC(C)C3)CC2)cc1. The Morgan fingerprint density at radius 2 is 1.92 bits per heavy atom. The van der Waals surface area contributed by atoms with Gasteiger partial charge in [0.05, 0.1) is 13.7 Å². The second kappa shape index (κ2) is 7.98. The topological polar surface area (TPSA) is 67.9 Å². The van der Waals surface area contributed by atoms with Crippen molar-refractivity contribution in [2.75, 3.05) is 33.4 Å². The van der Waals surface area contributed by atoms with Crippen LogP contribution in [0.15, 0.2) is 24.3 Å². The third-order valence-electron chi connectivity index (χ3n) is 5.25. The molecule has 1 heterocycles. The summed E-state index contributed by atoms with van der Waals surface area (Å²) in [6.45, 7) is 4.46. The van der Waals surface area contributed by atoms with Gasteiger partial charge in [0.2, 0.25) is 11.8 Å². The minimum absolute atomic E-state index is 0.0117. The van der Waals surface area contributed by atoms with Gasteiger partial charge in [0.1, 0.15) is 23.5 Å². The van der Waals surface area contributed by atoms with Crippen LogP contribution in [0, 0.1) is 11.3 Å². The highest BCUT2D eigenvalue weighted by Gasteiger charge is 2.58. The van der Waals surface area contributed by atoms with Crippen molar-refractivity contribution >= 4 is 11.8 Å². The molecule has 0 radical (unpaired) electrons. The molecule has 26 heavy (non-hydrogen) atoms. The molecule has 1 aliphatic heterocycles. The Balaban J connectivity index is 1.44. The summed E-state index contributed by atoms with van der Waals surface area (Å²) in [5.74, 6) is 1.87. The number of methoxy groups -OCH3 is 1. The summed E-state index contributed by atoms with van der Waals surface area (Å²) in [5.41, 5.74) is -0.822. The monoisotopic (exact) mass is 360 g/mol. The van der Waals surface area contributed by atoms with Crippen LogP contribution in [0.2, 0.25) is 0 Å². The van der Waals surface area contributed by atoms with E-state index in [4.69, 9.17) is 9.47 Å². The lowest BCUT2D eigenvalue weighted by molar-refractivity contribution is -0.145. The summed E-state index contributed by atoms with van der Waals surface area (Å²) >= 11 is 0. The number of likely N-dealkylation sites (tertiary alicyclic amines) is 1. The average Bonchev–Trinajstić information content (AvgIpc) is 3.47. The fourth-order valence-electron chi connectivity index (χ4n) is 3.51. The Labute approximate surface area is 154 Å². The lowest BCUT2D eigenvalue weighted by Crippen LogP contribution is -2.48. The number of hydrogen-bond acceptors (Lipinski definition) is 4. The maximum atomic E-state index is 12.8. The van der Waals surface area contributed by atoms with Crippen molar-refractivity contribution in [2.45, 2.75) is 32.6 Å². The van der Waals surface area contributed by atoms with Crippen molar-refractivity contribution < 1.29 is 19.1 Å². The van der Waals surface area contributed by atoms with Crippen molar-refractivity contribution in [3.63, 3.8) is 0 Å². The van der Waals surface area contributed by atoms with E-state index in [0.717, 1.165) is 37.4 Å². The van der Waals surface area contributed by atoms with Gasteiger partial charge in [0, 0.05) is 13.1 Å². The van der Waals surface area contributed by atoms with Gasteiger partial charge in [-0.1, -0.05) is 6.92 Å². The second-order valence-electron chi connectivity index (χ2n) is 7.36. The van der Waals surface area contributed by atoms with E-state index >= 15 is 0 Å². The number of carbonyl (C=O) groups excluding carboxylic acids is 2. The minimum atomic E-state index is -0.822. The van der Waals surface area contributed by atoms with Gasteiger partial charge in [0.25, 0.3) is 0 Å². The zero-order chi connectivity index (χ0) is 18.6. The Morgan fingerprint density at radius 1 is 1.23 bits per heavy atom. The van der Waals surface area contributed by atoms with E-state index in [-0.39, 0.29) is 11.8 Å². The highest BCUT2D eigenvalue weighted by molar-refractivity contribution is 6.07. The molecule has 0 spiro atoms. The summed E-state index contributed by atoms with van der Waals surface area (Å²) in [5, 5.41) is 2.87. The Morgan fingerprint density at radius 3 is 2.54 bits per heavy atom. The van der Waals surface area contributed by atoms with Crippen LogP contribution in [0.1, 0.15) is 32.6 Å². The molecule has 2 aliphatic rings. The van der Waals surface area contributed by atoms with Crippen molar-refractivity contribution in [2.24, 2.45) is 11.3 Å². The first-order chi connectivity index (χ1) is 12.5. The summed E-state index contributed by atoms with van der Waals surface area (Å²) in [7, 11) is 1.62. The van der Waals surface area contributed by atoms with Crippen LogP contribution in [0.25, 0.3) is 0 Å². The molecule has 1 aliphatic carbocycles. The number of hydrogen-bond donors (Lipinski definition) is 1. The first kappa shape index (κ1) is 18.5. The van der Waals surface area contributed by atoms with E-state index in [9.17, 15) is 9.59 Å². The molecule has 0 bridgehead atoms. The molecule has 1 saturated heterocycles. The van der Waals surface area contributed by atoms with Crippen LogP contribution in [-0.2, 0) is 9.59 Å². The first-order valence-corrected chi connectivity index (χ1v) is 9.40. The van der Waals surface area contributed by atoms with Crippen molar-refractivity contribution in [3.05, 3.63) is 24.3 Å². The van der Waals surface area contributed by atoms with Gasteiger partial charge in [-0.25, -0.2) is 0 Å². The van der Waals surface area contributed by atoms with Crippen LogP contribution in [-0.4, -0.2) is 50.1 Å². The second-order valence-corrected chi connectivity index (χ2v) is 7.36. The fourth-order valence-corrected chi connectivity index (χ4v) is 3.51. The van der Waals surface area contributed by atoms with E-state index in [1.165, 1.54) is 0 Å². The smallest absolute Gasteiger partial charge is 0.238 e. The number of nitrogens with one attached hydrogen (secondary N) is 1. The number of benzene rings is 1. The summed E-state index contributed by atoms with van der Waals surface area (Å²) < 4.78 is 10.7. The Hall–Kier alpha value is -2.24. The van der Waals surface area contributed by atoms with Crippen molar-refractivity contribution in [1.29, 1.82) is 0 Å². The number of piperidine rings is 1. The first-order valence-electron chi connectivity index (χ1n) is 9.40. The van der Waals surface area contributed by atoms with Crippen LogP contribution in [0.5, 0.6) is 11.5 Å². The molecular formula is C20H28N2O4. The van der Waals surface area contributed by atoms with E-state index in [1.807, 2.05) is 29.2 Å². The molecule has 1 unspecified atom stereocenters. The molecule has 6 heteroatoms. The van der Waals surface area contributed by atoms with Gasteiger partial charge in [0.15, 0.2) is 0 Å². The summed E-state index contributed by atoms with van der Waals surface area (Å²) in [6.07, 6.45) is 3.50. The quantitative estimate of drug-likeness (QED) is 0.598. The van der Waals surface area contributed by atoms with Crippen molar-refractivity contribution in [3.8, 4) is 11.5 Å². The number of amides is 2. The normalized spacial score (nSPS) is 21.0. The molecule has 1 aromatic carbocycles. The van der Waals surface area contributed by atoms with Gasteiger partial charge in [-0.15, -0.1) is 0 Å². The van der Waals surface area contributed by atoms with Gasteiger partial charge in [-0.3, -0.25) is 9.59 Å². The van der Waals surface area contributed by atoms with E-state index < -0.39 is 5.41 Å². The van der Waals surface area contributed by atoms with Gasteiger partial charge < -0.3 is 19.7 Å². The lowest BCUT2D eigenvalue weighted by atomic mass is 9.97. The Bertz CT molecular complexity index is 640. The van der Waals surface area contributed by atoms with Gasteiger partial charge in [-0.2, -0.15) is 0 Å². The highest BCUT2D eigenvalue weighted by Crippen LogP contribution is 2.48. The number of carbonyl (C=O) groups is 2. The van der Waals surface area contributed by atoms with Crippen molar-refractivity contribution in [1.82, 2.24) is 10.2 Å². The number of nitrogens with zero attached hydrogens (tertiary/aromatic N) is 1. The molecule has 1 aromatic rings. The third kappa shape index (κ3) is 4.11. The standard InChI is InChI=1S/C20H28N2O4/c1-15-4-3-12-22(14-15)19(24)20(9-10-20)18(23)21-11-13-26-17-7-5-16(25-2)6-8-17/h5-8,15H,3-4,9-14H2,1-2H3,(H,21,23). The highest BCUT2D eigenvalue weighted by atomic mass is 16.5. The predicted molar refractivity (Wildman–Crippen MR) is 98.1 cm³/mol. The summed E-state index contributed by atoms with van der Waals surface area (Å²) in [6, 6.07) is 7.30. The minimum Gasteiger partial charge on any atom is -0.497 e. The molecule has 0 aromatic heterocycles. The fraction of sp³-hybridized carbons (Fsp3) is 0.600. The van der Waals surface area contributed by atoms with Crippen LogP contribution in [0.4, 0.5) is 0 Å². The molecule has 1 atom stereocenters. The maximum Gasteiger partial charge on any atom is 0.238 e. The van der Waals surface area contributed by atoms with E-state index in [0.29, 0.717) is 31.9 Å². The lowest BCUT2D eigenvalue weighted by Gasteiger charge is -2.33. The molecule has 3 rings (SSSR count). The molecule has 2 fully saturated rings. The molecular weight excluding hydrogens is 332 g/mol. The molecule has 1 saturated carbocycles. The van der Waals surface area contributed by atoms with E-state index in [1.54, 1.807) is 7.11 Å². The number of rotatable bonds is 7. The largest absolute Gasteiger partial charge is 0.497 e. The summed E-state index contributed by atoms with van der Waals surface area (Å²) in [4.78, 5) is 27.2. The number of ether oxygens (including phenoxy) is 2. The van der Waals surface area contributed by atoms with Gasteiger partial charge >= 0.3 is 0 Å². The van der Waals surface area contributed by atoms with Gasteiger partial charge in [-0.05, 0) is 55.9 Å². The third-order valence-corrected chi connectivity index (χ3v) is 5.25. The van der Waals surface area contributed by atoms with Crippen LogP contribution < -0.4 is 14.8 Å². The molecule has 142 valence electrons. The average molecular weight is 360 g/mol. The van der Waals surface area contributed by atoms with E-state index in [2.05, 4.69) is 12.2 Å². The zero-order valence-electron chi connectivity index (χ0n) is 15.6. The predicted octanol–water partition coefficient (Wildman–Crippen LogP) is 2.23. The Kier molecular flexibility index (Phi) is 5.69. The van der Waals surface area contributed by atoms with Crippen LogP contribution >= 0.6 is 0 Å².